The number of benzene rings is 2. The number of anilines is 2. The summed E-state index contributed by atoms with van der Waals surface area (Å²) in [7, 11) is 0. The predicted molar refractivity (Wildman–Crippen MR) is 115 cm³/mol. The van der Waals surface area contributed by atoms with E-state index in [2.05, 4.69) is 20.5 Å². The fourth-order valence-electron chi connectivity index (χ4n) is 3.39. The number of hydrogen-bond acceptors (Lipinski definition) is 5. The smallest absolute Gasteiger partial charge is 0.319 e. The summed E-state index contributed by atoms with van der Waals surface area (Å²) < 4.78 is 41.1. The first kappa shape index (κ1) is 22.2. The second kappa shape index (κ2) is 8.49. The van der Waals surface area contributed by atoms with Crippen molar-refractivity contribution < 1.29 is 22.8 Å². The van der Waals surface area contributed by atoms with Crippen LogP contribution < -0.4 is 10.3 Å². The van der Waals surface area contributed by atoms with Gasteiger partial charge in [0.2, 0.25) is 5.91 Å². The molecule has 0 aliphatic carbocycles. The molecule has 2 heterocycles. The molecule has 0 unspecified atom stereocenters. The summed E-state index contributed by atoms with van der Waals surface area (Å²) in [4.78, 5) is 29.3. The van der Waals surface area contributed by atoms with Gasteiger partial charge in [0, 0.05) is 12.8 Å². The van der Waals surface area contributed by atoms with Crippen LogP contribution in [0.1, 0.15) is 29.5 Å². The molecule has 0 spiro atoms. The van der Waals surface area contributed by atoms with Crippen molar-refractivity contribution in [2.24, 2.45) is 5.10 Å². The van der Waals surface area contributed by atoms with Gasteiger partial charge < -0.3 is 5.32 Å². The summed E-state index contributed by atoms with van der Waals surface area (Å²) in [5.41, 5.74) is 1.44. The van der Waals surface area contributed by atoms with Crippen LogP contribution in [0.4, 0.5) is 24.5 Å². The number of halogens is 3. The fourth-order valence-corrected chi connectivity index (χ4v) is 3.39. The van der Waals surface area contributed by atoms with Gasteiger partial charge in [-0.2, -0.15) is 23.4 Å². The van der Waals surface area contributed by atoms with Crippen molar-refractivity contribution in [3.05, 3.63) is 65.7 Å². The Hall–Kier alpha value is -4.02. The molecule has 11 heteroatoms. The Morgan fingerprint density at radius 1 is 1.06 bits per heavy atom. The number of aromatic nitrogens is 3. The molecule has 1 N–H and O–H groups in total. The van der Waals surface area contributed by atoms with Crippen molar-refractivity contribution in [3.63, 3.8) is 0 Å². The van der Waals surface area contributed by atoms with Crippen molar-refractivity contribution in [1.82, 2.24) is 14.8 Å². The third-order valence-electron chi connectivity index (χ3n) is 5.13. The molecule has 1 aliphatic rings. The first-order valence-electron chi connectivity index (χ1n) is 9.99. The lowest BCUT2D eigenvalue weighted by Gasteiger charge is -2.25. The maximum absolute atomic E-state index is 13.3. The molecule has 4 rings (SSSR count). The molecule has 3 aromatic rings. The third-order valence-corrected chi connectivity index (χ3v) is 5.13. The summed E-state index contributed by atoms with van der Waals surface area (Å²) in [5, 5.41) is 11.8. The summed E-state index contributed by atoms with van der Waals surface area (Å²) in [6.07, 6.45) is -1.98. The molecule has 0 bridgehead atoms. The highest BCUT2D eigenvalue weighted by Gasteiger charge is 2.32. The highest BCUT2D eigenvalue weighted by molar-refractivity contribution is 6.44. The van der Waals surface area contributed by atoms with Crippen molar-refractivity contribution in [1.29, 1.82) is 0 Å². The zero-order chi connectivity index (χ0) is 23.8. The summed E-state index contributed by atoms with van der Waals surface area (Å²) in [6.45, 7) is 3.69. The Balaban J connectivity index is 1.69. The minimum Gasteiger partial charge on any atom is -0.319 e. The number of rotatable bonds is 4. The Bertz CT molecular complexity index is 1250. The molecule has 33 heavy (non-hydrogen) atoms. The number of nitrogens with zero attached hydrogens (tertiary/aromatic N) is 5. The summed E-state index contributed by atoms with van der Waals surface area (Å²) in [6, 6.07) is 8.44. The summed E-state index contributed by atoms with van der Waals surface area (Å²) >= 11 is 0. The first-order valence-corrected chi connectivity index (χ1v) is 9.99. The number of hydrazone groups is 1. The standard InChI is InChI=1S/C22H19F3N6O2/c1-13-3-4-14(2)19(9-13)31-20(32)8-6-16(29-31)21(33)28-17-10-15(22(23,24)25)5-7-18(17)30-12-26-11-27-30/h3-5,7,9-12H,6,8H2,1-2H3,(H,28,33). The molecule has 1 aromatic heterocycles. The lowest BCUT2D eigenvalue weighted by atomic mass is 10.1. The molecule has 8 nitrogen and oxygen atoms in total. The van der Waals surface area contributed by atoms with Gasteiger partial charge in [-0.1, -0.05) is 12.1 Å². The molecule has 0 radical (unpaired) electrons. The van der Waals surface area contributed by atoms with Gasteiger partial charge in [-0.25, -0.2) is 14.7 Å². The van der Waals surface area contributed by atoms with Crippen molar-refractivity contribution in [2.45, 2.75) is 32.9 Å². The number of carbonyl (C=O) groups excluding carboxylic acids is 2. The largest absolute Gasteiger partial charge is 0.416 e. The van der Waals surface area contributed by atoms with E-state index in [4.69, 9.17) is 0 Å². The molecule has 170 valence electrons. The van der Waals surface area contributed by atoms with E-state index in [1.165, 1.54) is 28.4 Å². The van der Waals surface area contributed by atoms with Crippen molar-refractivity contribution in [2.75, 3.05) is 10.3 Å². The predicted octanol–water partition coefficient (Wildman–Crippen LogP) is 4.02. The molecule has 2 amide bonds. The Kier molecular flexibility index (Phi) is 5.71. The molecule has 0 fully saturated rings. The Labute approximate surface area is 186 Å². The van der Waals surface area contributed by atoms with Crippen LogP contribution in [0.5, 0.6) is 0 Å². The highest BCUT2D eigenvalue weighted by atomic mass is 19.4. The van der Waals surface area contributed by atoms with Crippen LogP contribution in [0.3, 0.4) is 0 Å². The maximum Gasteiger partial charge on any atom is 0.416 e. The number of nitrogens with one attached hydrogen (secondary N) is 1. The van der Waals surface area contributed by atoms with E-state index in [1.807, 2.05) is 26.0 Å². The zero-order valence-corrected chi connectivity index (χ0v) is 17.7. The van der Waals surface area contributed by atoms with Crippen molar-refractivity contribution in [3.8, 4) is 5.69 Å². The molecular weight excluding hydrogens is 437 g/mol. The monoisotopic (exact) mass is 456 g/mol. The van der Waals surface area contributed by atoms with Crippen LogP contribution in [0.25, 0.3) is 5.69 Å². The fraction of sp³-hybridized carbons (Fsp3) is 0.227. The molecule has 1 aliphatic heterocycles. The van der Waals surface area contributed by atoms with E-state index in [-0.39, 0.29) is 35.8 Å². The summed E-state index contributed by atoms with van der Waals surface area (Å²) in [5.74, 6) is -0.985. The van der Waals surface area contributed by atoms with Gasteiger partial charge in [0.05, 0.1) is 22.6 Å². The zero-order valence-electron chi connectivity index (χ0n) is 17.7. The Morgan fingerprint density at radius 2 is 1.85 bits per heavy atom. The van der Waals surface area contributed by atoms with Gasteiger partial charge in [-0.3, -0.25) is 9.59 Å². The van der Waals surface area contributed by atoms with Crippen LogP contribution >= 0.6 is 0 Å². The van der Waals surface area contributed by atoms with Crippen LogP contribution in [-0.2, 0) is 15.8 Å². The lowest BCUT2D eigenvalue weighted by molar-refractivity contribution is -0.137. The van der Waals surface area contributed by atoms with E-state index in [0.717, 1.165) is 23.3 Å². The molecular formula is C22H19F3N6O2. The normalized spacial score (nSPS) is 14.3. The van der Waals surface area contributed by atoms with Crippen LogP contribution in [0, 0.1) is 13.8 Å². The van der Waals surface area contributed by atoms with E-state index in [1.54, 1.807) is 6.07 Å². The van der Waals surface area contributed by atoms with Gasteiger partial charge in [0.1, 0.15) is 18.4 Å². The molecule has 2 aromatic carbocycles. The van der Waals surface area contributed by atoms with Gasteiger partial charge in [-0.15, -0.1) is 0 Å². The van der Waals surface area contributed by atoms with Crippen LogP contribution in [0.15, 0.2) is 54.2 Å². The highest BCUT2D eigenvalue weighted by Crippen LogP contribution is 2.33. The van der Waals surface area contributed by atoms with Gasteiger partial charge >= 0.3 is 6.18 Å². The average molecular weight is 456 g/mol. The average Bonchev–Trinajstić information content (AvgIpc) is 3.30. The number of amides is 2. The van der Waals surface area contributed by atoms with E-state index >= 15 is 0 Å². The van der Waals surface area contributed by atoms with Gasteiger partial charge in [-0.05, 0) is 49.2 Å². The number of alkyl halides is 3. The third kappa shape index (κ3) is 4.61. The lowest BCUT2D eigenvalue weighted by Crippen LogP contribution is -2.36. The number of hydrogen-bond donors (Lipinski definition) is 1. The minimum absolute atomic E-state index is 0.0254. The molecule has 0 saturated carbocycles. The van der Waals surface area contributed by atoms with Crippen LogP contribution in [-0.4, -0.2) is 32.3 Å². The topological polar surface area (TPSA) is 92.5 Å². The maximum atomic E-state index is 13.3. The SMILES string of the molecule is Cc1ccc(C)c(N2N=C(C(=O)Nc3cc(C(F)(F)F)ccc3-n3cncn3)CCC2=O)c1. The number of aryl methyl sites for hydroxylation is 2. The van der Waals surface area contributed by atoms with Crippen molar-refractivity contribution >= 4 is 28.9 Å². The molecule has 0 atom stereocenters. The van der Waals surface area contributed by atoms with Crippen LogP contribution in [0.2, 0.25) is 0 Å². The minimum atomic E-state index is -4.60. The second-order valence-corrected chi connectivity index (χ2v) is 7.57. The molecule has 0 saturated heterocycles. The quantitative estimate of drug-likeness (QED) is 0.642. The first-order chi connectivity index (χ1) is 15.6. The van der Waals surface area contributed by atoms with E-state index in [0.29, 0.717) is 5.69 Å². The van der Waals surface area contributed by atoms with E-state index in [9.17, 15) is 22.8 Å². The van der Waals surface area contributed by atoms with Gasteiger partial charge in [0.15, 0.2) is 0 Å². The second-order valence-electron chi connectivity index (χ2n) is 7.57. The Morgan fingerprint density at radius 3 is 2.55 bits per heavy atom. The number of carbonyl (C=O) groups is 2. The van der Waals surface area contributed by atoms with Gasteiger partial charge in [0.25, 0.3) is 5.91 Å². The van der Waals surface area contributed by atoms with E-state index < -0.39 is 17.6 Å².